The van der Waals surface area contributed by atoms with Gasteiger partial charge in [-0.3, -0.25) is 4.98 Å². The highest BCUT2D eigenvalue weighted by atomic mass is 32.1. The molecule has 1 aromatic carbocycles. The molecule has 0 fully saturated rings. The van der Waals surface area contributed by atoms with Gasteiger partial charge in [-0.1, -0.05) is 0 Å². The van der Waals surface area contributed by atoms with E-state index < -0.39 is 5.95 Å². The molecule has 29 heavy (non-hydrogen) atoms. The third kappa shape index (κ3) is 4.59. The molecule has 0 atom stereocenters. The number of thiol groups is 1. The van der Waals surface area contributed by atoms with Gasteiger partial charge in [-0.25, -0.2) is 4.98 Å². The lowest BCUT2D eigenvalue weighted by Crippen LogP contribution is -2.07. The normalized spacial score (nSPS) is 10.9. The molecule has 0 aliphatic carbocycles. The quantitative estimate of drug-likeness (QED) is 0.320. The van der Waals surface area contributed by atoms with Gasteiger partial charge in [0.25, 0.3) is 0 Å². The second-order valence-corrected chi connectivity index (χ2v) is 6.34. The number of nitrogens with zero attached hydrogens (tertiary/aromatic N) is 3. The summed E-state index contributed by atoms with van der Waals surface area (Å²) >= 11 is 4.24. The zero-order valence-corrected chi connectivity index (χ0v) is 16.2. The van der Waals surface area contributed by atoms with E-state index in [0.717, 1.165) is 6.21 Å². The molecular weight excluding hydrogens is 389 g/mol. The number of rotatable bonds is 6. The lowest BCUT2D eigenvalue weighted by Gasteiger charge is -2.15. The van der Waals surface area contributed by atoms with E-state index in [4.69, 9.17) is 10.1 Å². The van der Waals surface area contributed by atoms with Gasteiger partial charge in [0.2, 0.25) is 5.95 Å². The Kier molecular flexibility index (Phi) is 6.22. The molecule has 0 unspecified atom stereocenters. The summed E-state index contributed by atoms with van der Waals surface area (Å²) < 4.78 is 19.1. The van der Waals surface area contributed by atoms with Crippen molar-refractivity contribution in [1.82, 2.24) is 15.3 Å². The summed E-state index contributed by atoms with van der Waals surface area (Å²) in [6.07, 6.45) is 5.61. The maximum atomic E-state index is 13.1. The van der Waals surface area contributed by atoms with Crippen molar-refractivity contribution in [3.63, 3.8) is 0 Å². The molecule has 2 heterocycles. The summed E-state index contributed by atoms with van der Waals surface area (Å²) in [4.78, 5) is 8.69. The van der Waals surface area contributed by atoms with Crippen molar-refractivity contribution >= 4 is 24.5 Å². The number of nitriles is 1. The summed E-state index contributed by atoms with van der Waals surface area (Å²) in [5.41, 5.74) is 2.73. The number of nitrogens with one attached hydrogen (secondary N) is 2. The first kappa shape index (κ1) is 20.0. The van der Waals surface area contributed by atoms with E-state index in [1.807, 2.05) is 0 Å². The smallest absolute Gasteiger partial charge is 0.212 e. The van der Waals surface area contributed by atoms with E-state index in [0.29, 0.717) is 44.5 Å². The molecule has 2 N–H and O–H groups in total. The molecule has 0 spiro atoms. The summed E-state index contributed by atoms with van der Waals surface area (Å²) in [5, 5.41) is 19.8. The Morgan fingerprint density at radius 2 is 2.03 bits per heavy atom. The summed E-state index contributed by atoms with van der Waals surface area (Å²) in [5.74, 6) is 0.162. The molecule has 3 rings (SSSR count). The maximum Gasteiger partial charge on any atom is 0.212 e. The number of hydrogen-bond acceptors (Lipinski definition) is 7. The van der Waals surface area contributed by atoms with Gasteiger partial charge in [-0.2, -0.15) is 9.65 Å². The molecule has 0 bridgehead atoms. The van der Waals surface area contributed by atoms with Gasteiger partial charge < -0.3 is 15.5 Å². The minimum absolute atomic E-state index is 0.331. The summed E-state index contributed by atoms with van der Waals surface area (Å²) in [6.45, 7) is 0. The number of aromatic nitrogens is 2. The van der Waals surface area contributed by atoms with Gasteiger partial charge in [0.15, 0.2) is 5.75 Å². The largest absolute Gasteiger partial charge is 0.454 e. The first-order chi connectivity index (χ1) is 14.0. The molecule has 0 aliphatic heterocycles. The monoisotopic (exact) mass is 405 g/mol. The van der Waals surface area contributed by atoms with Crippen molar-refractivity contribution in [2.75, 3.05) is 7.05 Å². The van der Waals surface area contributed by atoms with Gasteiger partial charge in [-0.05, 0) is 42.5 Å². The van der Waals surface area contributed by atoms with Crippen molar-refractivity contribution in [2.45, 2.75) is 4.90 Å². The van der Waals surface area contributed by atoms with Crippen LogP contribution < -0.4 is 10.1 Å². The fourth-order valence-corrected chi connectivity index (χ4v) is 2.83. The molecule has 2 aromatic heterocycles. The van der Waals surface area contributed by atoms with Crippen molar-refractivity contribution in [3.05, 3.63) is 71.9 Å². The van der Waals surface area contributed by atoms with Crippen molar-refractivity contribution < 1.29 is 9.13 Å². The van der Waals surface area contributed by atoms with E-state index in [-0.39, 0.29) is 0 Å². The Morgan fingerprint density at radius 1 is 1.21 bits per heavy atom. The van der Waals surface area contributed by atoms with Crippen LogP contribution in [0.5, 0.6) is 11.5 Å². The Bertz CT molecular complexity index is 1120. The molecule has 0 amide bonds. The van der Waals surface area contributed by atoms with Crippen molar-refractivity contribution in [1.29, 1.82) is 10.7 Å². The molecule has 8 heteroatoms. The van der Waals surface area contributed by atoms with E-state index in [9.17, 15) is 9.65 Å². The number of benzene rings is 1. The highest BCUT2D eigenvalue weighted by Crippen LogP contribution is 2.33. The fraction of sp³-hybridized carbons (Fsp3) is 0.0476. The first-order valence-corrected chi connectivity index (χ1v) is 8.92. The first-order valence-electron chi connectivity index (χ1n) is 8.47. The van der Waals surface area contributed by atoms with Crippen LogP contribution in [0.3, 0.4) is 0 Å². The Labute approximate surface area is 172 Å². The standard InChI is InChI=1S/C21H16FN5OS/c1-25-17(6-7-23)16-9-18(13-2-5-21(22)27-11-13)26-12-20(16)28-19-4-3-15(29)8-14(19)10-24/h2-9,11-12,23,25,29H,1H3/b17-6-,23-7?. The van der Waals surface area contributed by atoms with Gasteiger partial charge in [0.1, 0.15) is 11.8 Å². The van der Waals surface area contributed by atoms with Crippen LogP contribution in [0.2, 0.25) is 0 Å². The van der Waals surface area contributed by atoms with Crippen LogP contribution >= 0.6 is 12.6 Å². The van der Waals surface area contributed by atoms with Gasteiger partial charge in [0, 0.05) is 41.2 Å². The molecule has 0 saturated heterocycles. The second-order valence-electron chi connectivity index (χ2n) is 5.83. The average Bonchev–Trinajstić information content (AvgIpc) is 2.74. The van der Waals surface area contributed by atoms with Crippen LogP contribution in [0, 0.1) is 22.7 Å². The highest BCUT2D eigenvalue weighted by Gasteiger charge is 2.15. The number of ether oxygens (including phenoxy) is 1. The molecule has 0 radical (unpaired) electrons. The molecule has 0 saturated carbocycles. The van der Waals surface area contributed by atoms with E-state index in [2.05, 4.69) is 34.0 Å². The zero-order valence-electron chi connectivity index (χ0n) is 15.3. The fourth-order valence-electron chi connectivity index (χ4n) is 2.62. The lowest BCUT2D eigenvalue weighted by atomic mass is 10.1. The number of pyridine rings is 2. The van der Waals surface area contributed by atoms with Gasteiger partial charge in [-0.15, -0.1) is 12.6 Å². The summed E-state index contributed by atoms with van der Waals surface area (Å²) in [7, 11) is 1.72. The van der Waals surface area contributed by atoms with E-state index in [1.165, 1.54) is 18.5 Å². The highest BCUT2D eigenvalue weighted by molar-refractivity contribution is 7.80. The van der Waals surface area contributed by atoms with Crippen LogP contribution in [-0.2, 0) is 0 Å². The SMILES string of the molecule is CN/C(=C\C=N)c1cc(-c2ccc(F)nc2)ncc1Oc1ccc(S)cc1C#N. The molecule has 6 nitrogen and oxygen atoms in total. The third-order valence-corrected chi connectivity index (χ3v) is 4.28. The Balaban J connectivity index is 2.11. The van der Waals surface area contributed by atoms with Crippen LogP contribution in [0.4, 0.5) is 4.39 Å². The lowest BCUT2D eigenvalue weighted by molar-refractivity contribution is 0.476. The predicted octanol–water partition coefficient (Wildman–Crippen LogP) is 4.45. The Hall–Kier alpha value is -3.70. The van der Waals surface area contributed by atoms with Crippen molar-refractivity contribution in [3.8, 4) is 28.8 Å². The van der Waals surface area contributed by atoms with E-state index >= 15 is 0 Å². The number of allylic oxidation sites excluding steroid dienone is 1. The van der Waals surface area contributed by atoms with Crippen LogP contribution in [-0.4, -0.2) is 23.2 Å². The average molecular weight is 405 g/mol. The number of halogens is 1. The van der Waals surface area contributed by atoms with Crippen LogP contribution in [0.15, 0.2) is 59.8 Å². The van der Waals surface area contributed by atoms with Gasteiger partial charge >= 0.3 is 0 Å². The minimum atomic E-state index is -0.579. The van der Waals surface area contributed by atoms with Crippen LogP contribution in [0.25, 0.3) is 17.0 Å². The number of hydrogen-bond donors (Lipinski definition) is 3. The van der Waals surface area contributed by atoms with Crippen LogP contribution in [0.1, 0.15) is 11.1 Å². The molecular formula is C21H16FN5OS. The predicted molar refractivity (Wildman–Crippen MR) is 112 cm³/mol. The van der Waals surface area contributed by atoms with Gasteiger partial charge in [0.05, 0.1) is 17.5 Å². The third-order valence-electron chi connectivity index (χ3n) is 4.00. The second kappa shape index (κ2) is 8.99. The topological polar surface area (TPSA) is 94.7 Å². The van der Waals surface area contributed by atoms with Crippen molar-refractivity contribution in [2.24, 2.45) is 0 Å². The molecule has 0 aliphatic rings. The Morgan fingerprint density at radius 3 is 2.69 bits per heavy atom. The van der Waals surface area contributed by atoms with E-state index in [1.54, 1.807) is 43.5 Å². The maximum absolute atomic E-state index is 13.1. The zero-order chi connectivity index (χ0) is 20.8. The summed E-state index contributed by atoms with van der Waals surface area (Å²) in [6, 6.07) is 11.6. The minimum Gasteiger partial charge on any atom is -0.454 e. The molecule has 144 valence electrons. The molecule has 3 aromatic rings.